The lowest BCUT2D eigenvalue weighted by molar-refractivity contribution is 0.651. The SMILES string of the molecule is CN=S1(=O)CCNCC1.Cl.Cl. The molecule has 1 heterocycles. The number of halogens is 2. The topological polar surface area (TPSA) is 41.5 Å². The Morgan fingerprint density at radius 1 is 1.27 bits per heavy atom. The number of rotatable bonds is 0. The number of nitrogens with zero attached hydrogens (tertiary/aromatic N) is 1. The Morgan fingerprint density at radius 2 is 1.73 bits per heavy atom. The van der Waals surface area contributed by atoms with Gasteiger partial charge in [0.05, 0.1) is 0 Å². The van der Waals surface area contributed by atoms with Gasteiger partial charge in [-0.3, -0.25) is 0 Å². The third-order valence-corrected chi connectivity index (χ3v) is 3.88. The van der Waals surface area contributed by atoms with Crippen molar-refractivity contribution in [1.29, 1.82) is 0 Å². The molecule has 0 amide bonds. The Balaban J connectivity index is 0. The average Bonchev–Trinajstić information content (AvgIpc) is 1.90. The minimum absolute atomic E-state index is 0. The van der Waals surface area contributed by atoms with E-state index in [1.165, 1.54) is 0 Å². The lowest BCUT2D eigenvalue weighted by atomic mass is 10.6. The third-order valence-electron chi connectivity index (χ3n) is 1.53. The molecule has 0 radical (unpaired) electrons. The monoisotopic (exact) mass is 220 g/mol. The normalized spacial score (nSPS) is 20.8. The van der Waals surface area contributed by atoms with Crippen LogP contribution < -0.4 is 5.32 Å². The molecular weight excluding hydrogens is 207 g/mol. The van der Waals surface area contributed by atoms with Gasteiger partial charge in [0, 0.05) is 41.4 Å². The van der Waals surface area contributed by atoms with Crippen LogP contribution in [0, 0.1) is 0 Å². The van der Waals surface area contributed by atoms with E-state index in [4.69, 9.17) is 0 Å². The molecule has 11 heavy (non-hydrogen) atoms. The summed E-state index contributed by atoms with van der Waals surface area (Å²) in [5.74, 6) is 1.45. The van der Waals surface area contributed by atoms with Crippen LogP contribution in [0.15, 0.2) is 4.36 Å². The Hall–Kier alpha value is 0.490. The van der Waals surface area contributed by atoms with E-state index < -0.39 is 9.73 Å². The second kappa shape index (κ2) is 6.06. The van der Waals surface area contributed by atoms with Crippen LogP contribution in [0.3, 0.4) is 0 Å². The predicted molar refractivity (Wildman–Crippen MR) is 53.6 cm³/mol. The maximum atomic E-state index is 11.4. The molecular formula is C5H14Cl2N2OS. The van der Waals surface area contributed by atoms with Gasteiger partial charge in [0.25, 0.3) is 0 Å². The molecule has 1 aliphatic rings. The van der Waals surface area contributed by atoms with Gasteiger partial charge < -0.3 is 5.32 Å². The highest BCUT2D eigenvalue weighted by atomic mass is 35.5. The summed E-state index contributed by atoms with van der Waals surface area (Å²) in [6.45, 7) is 1.71. The van der Waals surface area contributed by atoms with E-state index in [0.29, 0.717) is 0 Å². The highest BCUT2D eigenvalue weighted by Gasteiger charge is 2.11. The molecule has 0 aromatic rings. The molecule has 0 unspecified atom stereocenters. The molecule has 1 saturated heterocycles. The summed E-state index contributed by atoms with van der Waals surface area (Å²) in [4.78, 5) is 0. The van der Waals surface area contributed by atoms with Gasteiger partial charge in [-0.25, -0.2) is 8.57 Å². The first-order chi connectivity index (χ1) is 4.27. The molecule has 1 aliphatic heterocycles. The van der Waals surface area contributed by atoms with Crippen molar-refractivity contribution in [2.75, 3.05) is 31.6 Å². The molecule has 0 aliphatic carbocycles. The lowest BCUT2D eigenvalue weighted by Crippen LogP contribution is -2.35. The van der Waals surface area contributed by atoms with E-state index in [1.54, 1.807) is 7.05 Å². The molecule has 1 rings (SSSR count). The average molecular weight is 221 g/mol. The standard InChI is InChI=1S/C5H12N2OS.2ClH/c1-6-9(8)4-2-7-3-5-9;;/h7H,2-5H2,1H3;2*1H. The highest BCUT2D eigenvalue weighted by Crippen LogP contribution is 1.97. The fraction of sp³-hybridized carbons (Fsp3) is 1.00. The van der Waals surface area contributed by atoms with Crippen molar-refractivity contribution in [2.45, 2.75) is 0 Å². The summed E-state index contributed by atoms with van der Waals surface area (Å²) in [6.07, 6.45) is 0. The summed E-state index contributed by atoms with van der Waals surface area (Å²) in [5.41, 5.74) is 0. The van der Waals surface area contributed by atoms with E-state index >= 15 is 0 Å². The molecule has 0 aromatic heterocycles. The molecule has 0 bridgehead atoms. The molecule has 6 heteroatoms. The van der Waals surface area contributed by atoms with Gasteiger partial charge in [0.2, 0.25) is 0 Å². The van der Waals surface area contributed by atoms with Crippen molar-refractivity contribution < 1.29 is 4.21 Å². The maximum Gasteiger partial charge on any atom is 0.0489 e. The zero-order valence-corrected chi connectivity index (χ0v) is 8.86. The van der Waals surface area contributed by atoms with Crippen LogP contribution >= 0.6 is 24.8 Å². The Labute approximate surface area is 80.3 Å². The Kier molecular flexibility index (Phi) is 7.73. The van der Waals surface area contributed by atoms with Crippen LogP contribution in [-0.2, 0) is 9.73 Å². The third kappa shape index (κ3) is 4.15. The van der Waals surface area contributed by atoms with Crippen molar-refractivity contribution in [2.24, 2.45) is 4.36 Å². The van der Waals surface area contributed by atoms with Gasteiger partial charge in [-0.2, -0.15) is 0 Å². The number of hydrogen-bond acceptors (Lipinski definition) is 3. The van der Waals surface area contributed by atoms with Gasteiger partial charge in [-0.1, -0.05) is 0 Å². The molecule has 0 spiro atoms. The van der Waals surface area contributed by atoms with Gasteiger partial charge in [0.15, 0.2) is 0 Å². The van der Waals surface area contributed by atoms with Crippen molar-refractivity contribution in [1.82, 2.24) is 5.32 Å². The first kappa shape index (κ1) is 14.0. The molecule has 70 valence electrons. The van der Waals surface area contributed by atoms with E-state index in [9.17, 15) is 4.21 Å². The minimum atomic E-state index is -1.77. The van der Waals surface area contributed by atoms with E-state index in [1.807, 2.05) is 0 Å². The number of hydrogen-bond donors (Lipinski definition) is 1. The minimum Gasteiger partial charge on any atom is -0.315 e. The van der Waals surface area contributed by atoms with Gasteiger partial charge in [-0.05, 0) is 0 Å². The Bertz CT molecular complexity index is 189. The van der Waals surface area contributed by atoms with Gasteiger partial charge >= 0.3 is 0 Å². The predicted octanol–water partition coefficient (Wildman–Crippen LogP) is 0.531. The molecule has 0 saturated carbocycles. The first-order valence-electron chi connectivity index (χ1n) is 3.08. The quantitative estimate of drug-likeness (QED) is 0.648. The highest BCUT2D eigenvalue weighted by molar-refractivity contribution is 7.93. The maximum absolute atomic E-state index is 11.4. The smallest absolute Gasteiger partial charge is 0.0489 e. The van der Waals surface area contributed by atoms with Crippen molar-refractivity contribution in [3.63, 3.8) is 0 Å². The zero-order valence-electron chi connectivity index (χ0n) is 6.41. The van der Waals surface area contributed by atoms with Crippen LogP contribution in [0.2, 0.25) is 0 Å². The number of nitrogens with one attached hydrogen (secondary N) is 1. The lowest BCUT2D eigenvalue weighted by Gasteiger charge is -2.15. The summed E-state index contributed by atoms with van der Waals surface area (Å²) in [5, 5.41) is 3.14. The fourth-order valence-corrected chi connectivity index (χ4v) is 2.37. The van der Waals surface area contributed by atoms with Crippen molar-refractivity contribution >= 4 is 34.5 Å². The van der Waals surface area contributed by atoms with Crippen LogP contribution in [0.1, 0.15) is 0 Å². The Morgan fingerprint density at radius 3 is 2.00 bits per heavy atom. The zero-order chi connectivity index (χ0) is 6.74. The summed E-state index contributed by atoms with van der Waals surface area (Å²) < 4.78 is 15.2. The second-order valence-electron chi connectivity index (χ2n) is 2.11. The van der Waals surface area contributed by atoms with Crippen molar-refractivity contribution in [3.05, 3.63) is 0 Å². The summed E-state index contributed by atoms with van der Waals surface area (Å²) in [6, 6.07) is 0. The van der Waals surface area contributed by atoms with E-state index in [-0.39, 0.29) is 24.8 Å². The van der Waals surface area contributed by atoms with Crippen LogP contribution in [0.4, 0.5) is 0 Å². The van der Waals surface area contributed by atoms with Crippen LogP contribution in [0.25, 0.3) is 0 Å². The summed E-state index contributed by atoms with van der Waals surface area (Å²) >= 11 is 0. The first-order valence-corrected chi connectivity index (χ1v) is 4.93. The van der Waals surface area contributed by atoms with Gasteiger partial charge in [-0.15, -0.1) is 24.8 Å². The van der Waals surface area contributed by atoms with Crippen LogP contribution in [-0.4, -0.2) is 35.9 Å². The molecule has 0 aromatic carbocycles. The summed E-state index contributed by atoms with van der Waals surface area (Å²) in [7, 11) is -0.119. The molecule has 0 atom stereocenters. The molecule has 3 nitrogen and oxygen atoms in total. The van der Waals surface area contributed by atoms with Crippen molar-refractivity contribution in [3.8, 4) is 0 Å². The second-order valence-corrected chi connectivity index (χ2v) is 4.84. The van der Waals surface area contributed by atoms with Gasteiger partial charge in [0.1, 0.15) is 0 Å². The van der Waals surface area contributed by atoms with Crippen LogP contribution in [0.5, 0.6) is 0 Å². The van der Waals surface area contributed by atoms with E-state index in [0.717, 1.165) is 24.6 Å². The molecule has 1 fully saturated rings. The molecule has 1 N–H and O–H groups in total. The van der Waals surface area contributed by atoms with E-state index in [2.05, 4.69) is 9.68 Å². The largest absolute Gasteiger partial charge is 0.315 e. The fourth-order valence-electron chi connectivity index (χ4n) is 0.873.